The fourth-order valence-corrected chi connectivity index (χ4v) is 4.01. The van der Waals surface area contributed by atoms with Gasteiger partial charge in [-0.2, -0.15) is 0 Å². The molecule has 2 aromatic rings. The Morgan fingerprint density at radius 2 is 2.09 bits per heavy atom. The average Bonchev–Trinajstić information content (AvgIpc) is 2.47. The van der Waals surface area contributed by atoms with Gasteiger partial charge in [0.15, 0.2) is 11.4 Å². The largest absolute Gasteiger partial charge is 0.504 e. The normalized spacial score (nSPS) is 17.5. The van der Waals surface area contributed by atoms with Crippen LogP contribution in [0.25, 0.3) is 10.9 Å². The molecule has 1 fully saturated rings. The third-order valence-corrected chi connectivity index (χ3v) is 5.38. The van der Waals surface area contributed by atoms with Crippen LogP contribution in [0.5, 0.6) is 5.75 Å². The molecule has 2 aromatic heterocycles. The Morgan fingerprint density at radius 1 is 1.32 bits per heavy atom. The minimum atomic E-state index is -3.40. The second-order valence-electron chi connectivity index (χ2n) is 5.02. The van der Waals surface area contributed by atoms with Crippen molar-refractivity contribution in [1.82, 2.24) is 9.97 Å². The first-order chi connectivity index (χ1) is 10.4. The molecule has 116 valence electrons. The van der Waals surface area contributed by atoms with Crippen molar-refractivity contribution >= 4 is 32.7 Å². The van der Waals surface area contributed by atoms with E-state index in [0.717, 1.165) is 6.42 Å². The zero-order chi connectivity index (χ0) is 15.9. The number of rotatable bonds is 2. The van der Waals surface area contributed by atoms with Crippen LogP contribution in [0.2, 0.25) is 0 Å². The topological polar surface area (TPSA) is 126 Å². The van der Waals surface area contributed by atoms with Gasteiger partial charge in [0.2, 0.25) is 10.0 Å². The Labute approximate surface area is 126 Å². The van der Waals surface area contributed by atoms with E-state index in [0.29, 0.717) is 18.4 Å². The molecular weight excluding hydrogens is 308 g/mol. The van der Waals surface area contributed by atoms with Crippen LogP contribution in [0.4, 0.5) is 5.82 Å². The van der Waals surface area contributed by atoms with Crippen molar-refractivity contribution in [2.75, 3.05) is 16.6 Å². The lowest BCUT2D eigenvalue weighted by atomic mass is 10.2. The number of aromatic nitrogens is 2. The van der Waals surface area contributed by atoms with Crippen LogP contribution in [0.3, 0.4) is 0 Å². The standard InChI is InChI=1S/C13H14N4O4S/c14-13(19)11-12(18)10-8(7-15-11)3-4-9(16-10)17-5-1-2-6-22(17,20)21/h3-4,7,18H,1-2,5-6H2,(H2,14,19). The highest BCUT2D eigenvalue weighted by Crippen LogP contribution is 2.29. The number of carbonyl (C=O) groups is 1. The number of primary amides is 1. The molecule has 8 nitrogen and oxygen atoms in total. The molecule has 0 radical (unpaired) electrons. The first-order valence-corrected chi connectivity index (χ1v) is 8.30. The molecule has 1 amide bonds. The number of nitrogens with zero attached hydrogens (tertiary/aromatic N) is 3. The molecule has 0 spiro atoms. The first kappa shape index (κ1) is 14.5. The van der Waals surface area contributed by atoms with Crippen LogP contribution in [0.1, 0.15) is 23.3 Å². The maximum absolute atomic E-state index is 12.1. The summed E-state index contributed by atoms with van der Waals surface area (Å²) in [5, 5.41) is 10.6. The van der Waals surface area contributed by atoms with Crippen molar-refractivity contribution in [3.63, 3.8) is 0 Å². The van der Waals surface area contributed by atoms with Gasteiger partial charge >= 0.3 is 0 Å². The summed E-state index contributed by atoms with van der Waals surface area (Å²) in [7, 11) is -3.40. The molecule has 3 rings (SSSR count). The predicted molar refractivity (Wildman–Crippen MR) is 80.1 cm³/mol. The first-order valence-electron chi connectivity index (χ1n) is 6.69. The smallest absolute Gasteiger partial charge is 0.271 e. The van der Waals surface area contributed by atoms with E-state index in [4.69, 9.17) is 5.73 Å². The maximum atomic E-state index is 12.1. The van der Waals surface area contributed by atoms with E-state index in [1.54, 1.807) is 12.1 Å². The monoisotopic (exact) mass is 322 g/mol. The number of carbonyl (C=O) groups excluding carboxylic acids is 1. The summed E-state index contributed by atoms with van der Waals surface area (Å²) in [6.45, 7) is 0.343. The van der Waals surface area contributed by atoms with Gasteiger partial charge in [0.25, 0.3) is 5.91 Å². The molecule has 22 heavy (non-hydrogen) atoms. The van der Waals surface area contributed by atoms with Gasteiger partial charge in [0, 0.05) is 18.1 Å². The molecule has 1 saturated heterocycles. The molecule has 0 bridgehead atoms. The maximum Gasteiger partial charge on any atom is 0.271 e. The second kappa shape index (κ2) is 5.09. The average molecular weight is 322 g/mol. The van der Waals surface area contributed by atoms with E-state index < -0.39 is 21.7 Å². The summed E-state index contributed by atoms with van der Waals surface area (Å²) in [6, 6.07) is 3.15. The fraction of sp³-hybridized carbons (Fsp3) is 0.308. The van der Waals surface area contributed by atoms with E-state index in [2.05, 4.69) is 9.97 Å². The van der Waals surface area contributed by atoms with Gasteiger partial charge in [-0.3, -0.25) is 9.10 Å². The molecule has 0 unspecified atom stereocenters. The minimum absolute atomic E-state index is 0.0710. The highest BCUT2D eigenvalue weighted by Gasteiger charge is 2.27. The molecule has 9 heteroatoms. The Bertz CT molecular complexity index is 866. The van der Waals surface area contributed by atoms with Crippen LogP contribution in [-0.4, -0.2) is 41.7 Å². The number of pyridine rings is 2. The second-order valence-corrected chi connectivity index (χ2v) is 7.04. The van der Waals surface area contributed by atoms with Crippen LogP contribution >= 0.6 is 0 Å². The van der Waals surface area contributed by atoms with E-state index in [-0.39, 0.29) is 22.8 Å². The van der Waals surface area contributed by atoms with Crippen molar-refractivity contribution in [2.24, 2.45) is 5.73 Å². The highest BCUT2D eigenvalue weighted by atomic mass is 32.2. The highest BCUT2D eigenvalue weighted by molar-refractivity contribution is 7.92. The van der Waals surface area contributed by atoms with E-state index >= 15 is 0 Å². The number of anilines is 1. The number of aromatic hydroxyl groups is 1. The summed E-state index contributed by atoms with van der Waals surface area (Å²) < 4.78 is 25.5. The zero-order valence-corrected chi connectivity index (χ0v) is 12.4. The molecule has 3 N–H and O–H groups in total. The van der Waals surface area contributed by atoms with Crippen LogP contribution < -0.4 is 10.0 Å². The summed E-state index contributed by atoms with van der Waals surface area (Å²) >= 11 is 0. The summed E-state index contributed by atoms with van der Waals surface area (Å²) in [5.74, 6) is -1.04. The molecule has 0 aromatic carbocycles. The number of sulfonamides is 1. The molecule has 0 atom stereocenters. The van der Waals surface area contributed by atoms with Gasteiger partial charge in [-0.15, -0.1) is 0 Å². The number of amides is 1. The van der Waals surface area contributed by atoms with Gasteiger partial charge < -0.3 is 10.8 Å². The third-order valence-electron chi connectivity index (χ3n) is 3.53. The third kappa shape index (κ3) is 2.33. The van der Waals surface area contributed by atoms with E-state index in [1.807, 2.05) is 0 Å². The lowest BCUT2D eigenvalue weighted by Gasteiger charge is -2.27. The quantitative estimate of drug-likeness (QED) is 0.822. The van der Waals surface area contributed by atoms with Gasteiger partial charge in [0.1, 0.15) is 11.3 Å². The Hall–Kier alpha value is -2.42. The van der Waals surface area contributed by atoms with Crippen molar-refractivity contribution in [1.29, 1.82) is 0 Å². The number of hydrogen-bond donors (Lipinski definition) is 2. The van der Waals surface area contributed by atoms with Gasteiger partial charge in [0.05, 0.1) is 5.75 Å². The lowest BCUT2D eigenvalue weighted by Crippen LogP contribution is -2.38. The van der Waals surface area contributed by atoms with Crippen LogP contribution in [-0.2, 0) is 10.0 Å². The molecule has 1 aliphatic rings. The Kier molecular flexibility index (Phi) is 3.36. The van der Waals surface area contributed by atoms with Crippen molar-refractivity contribution in [3.8, 4) is 5.75 Å². The lowest BCUT2D eigenvalue weighted by molar-refractivity contribution is 0.0993. The van der Waals surface area contributed by atoms with Gasteiger partial charge in [-0.1, -0.05) is 0 Å². The fourth-order valence-electron chi connectivity index (χ4n) is 2.43. The van der Waals surface area contributed by atoms with Crippen molar-refractivity contribution < 1.29 is 18.3 Å². The summed E-state index contributed by atoms with van der Waals surface area (Å²) in [5.41, 5.74) is 4.94. The summed E-state index contributed by atoms with van der Waals surface area (Å²) in [6.07, 6.45) is 2.72. The van der Waals surface area contributed by atoms with Gasteiger partial charge in [-0.05, 0) is 25.0 Å². The van der Waals surface area contributed by atoms with Crippen LogP contribution in [0, 0.1) is 0 Å². The number of hydrogen-bond acceptors (Lipinski definition) is 6. The molecule has 0 aliphatic carbocycles. The number of fused-ring (bicyclic) bond motifs is 1. The van der Waals surface area contributed by atoms with E-state index in [9.17, 15) is 18.3 Å². The molecule has 1 aliphatic heterocycles. The molecule has 3 heterocycles. The Balaban J connectivity index is 2.16. The molecule has 0 saturated carbocycles. The predicted octanol–water partition coefficient (Wildman–Crippen LogP) is 0.364. The zero-order valence-electron chi connectivity index (χ0n) is 11.6. The number of nitrogens with two attached hydrogens (primary N) is 1. The van der Waals surface area contributed by atoms with E-state index in [1.165, 1.54) is 10.5 Å². The Morgan fingerprint density at radius 3 is 2.77 bits per heavy atom. The summed E-state index contributed by atoms with van der Waals surface area (Å²) in [4.78, 5) is 19.2. The molecular formula is C13H14N4O4S. The van der Waals surface area contributed by atoms with Crippen LogP contribution in [0.15, 0.2) is 18.3 Å². The van der Waals surface area contributed by atoms with Crippen molar-refractivity contribution in [2.45, 2.75) is 12.8 Å². The van der Waals surface area contributed by atoms with Gasteiger partial charge in [-0.25, -0.2) is 18.4 Å². The van der Waals surface area contributed by atoms with Crippen molar-refractivity contribution in [3.05, 3.63) is 24.0 Å². The minimum Gasteiger partial charge on any atom is -0.504 e. The SMILES string of the molecule is NC(=O)c1ncc2ccc(N3CCCCS3(=O)=O)nc2c1O.